The van der Waals surface area contributed by atoms with Gasteiger partial charge in [-0.25, -0.2) is 0 Å². The van der Waals surface area contributed by atoms with Gasteiger partial charge in [-0.1, -0.05) is 24.3 Å². The molecular weight excluding hydrogens is 529 g/mol. The Morgan fingerprint density at radius 3 is 2.27 bits per heavy atom. The largest absolute Gasteiger partial charge is 0.506 e. The van der Waals surface area contributed by atoms with Crippen LogP contribution in [0.2, 0.25) is 0 Å². The first-order valence-electron chi connectivity index (χ1n) is 11.6. The number of nitrogens with one attached hydrogen (secondary N) is 1. The first-order valence-corrected chi connectivity index (χ1v) is 11.6. The molecule has 180 valence electrons. The van der Waals surface area contributed by atoms with Gasteiger partial charge in [0, 0.05) is 39.8 Å². The van der Waals surface area contributed by atoms with Gasteiger partial charge in [0.15, 0.2) is 5.96 Å². The molecule has 2 fully saturated rings. The molecule has 1 unspecified atom stereocenters. The minimum Gasteiger partial charge on any atom is -0.506 e. The van der Waals surface area contributed by atoms with Gasteiger partial charge in [-0.05, 0) is 55.8 Å². The lowest BCUT2D eigenvalue weighted by molar-refractivity contribution is 0.242. The van der Waals surface area contributed by atoms with Crippen molar-refractivity contribution in [2.24, 2.45) is 4.99 Å². The van der Waals surface area contributed by atoms with Crippen molar-refractivity contribution < 1.29 is 9.84 Å². The molecule has 0 aromatic heterocycles. The molecule has 0 saturated carbocycles. The first kappa shape index (κ1) is 25.4. The average Bonchev–Trinajstić information content (AvgIpc) is 3.37. The lowest BCUT2D eigenvalue weighted by Gasteiger charge is -2.38. The van der Waals surface area contributed by atoms with Crippen LogP contribution >= 0.6 is 24.0 Å². The summed E-state index contributed by atoms with van der Waals surface area (Å²) in [5, 5.41) is 13.8. The molecule has 1 atom stereocenters. The second kappa shape index (κ2) is 12.3. The van der Waals surface area contributed by atoms with Gasteiger partial charge in [0.1, 0.15) is 11.5 Å². The molecule has 0 spiro atoms. The number of methoxy groups -OCH3 is 1. The molecule has 0 radical (unpaired) electrons. The number of nitrogens with zero attached hydrogens (tertiary/aromatic N) is 4. The predicted octanol–water partition coefficient (Wildman–Crippen LogP) is 3.55. The van der Waals surface area contributed by atoms with Crippen molar-refractivity contribution in [2.75, 3.05) is 64.9 Å². The highest BCUT2D eigenvalue weighted by Gasteiger charge is 2.26. The van der Waals surface area contributed by atoms with Gasteiger partial charge >= 0.3 is 0 Å². The molecule has 2 aliphatic rings. The Balaban J connectivity index is 0.00000306. The van der Waals surface area contributed by atoms with E-state index in [1.165, 1.54) is 18.4 Å². The van der Waals surface area contributed by atoms with Crippen molar-refractivity contribution in [3.05, 3.63) is 54.1 Å². The number of halogens is 1. The number of hydrogen-bond donors (Lipinski definition) is 2. The molecule has 8 heteroatoms. The third kappa shape index (κ3) is 6.23. The fraction of sp³-hybridized carbons (Fsp3) is 0.480. The van der Waals surface area contributed by atoms with Crippen molar-refractivity contribution in [1.29, 1.82) is 0 Å². The quantitative estimate of drug-likeness (QED) is 0.318. The Bertz CT molecular complexity index is 894. The Kier molecular flexibility index (Phi) is 9.49. The van der Waals surface area contributed by atoms with E-state index >= 15 is 0 Å². The number of para-hydroxylation sites is 2. The van der Waals surface area contributed by atoms with Gasteiger partial charge in [-0.15, -0.1) is 24.0 Å². The smallest absolute Gasteiger partial charge is 0.193 e. The average molecular weight is 566 g/mol. The summed E-state index contributed by atoms with van der Waals surface area (Å²) >= 11 is 0. The third-order valence-corrected chi connectivity index (χ3v) is 6.55. The molecular formula is C25H36IN5O2. The van der Waals surface area contributed by atoms with Crippen molar-refractivity contribution in [3.8, 4) is 11.5 Å². The number of ether oxygens (including phenoxy) is 1. The van der Waals surface area contributed by atoms with E-state index in [4.69, 9.17) is 4.74 Å². The predicted molar refractivity (Wildman–Crippen MR) is 145 cm³/mol. The maximum atomic E-state index is 10.2. The van der Waals surface area contributed by atoms with Gasteiger partial charge in [0.2, 0.25) is 0 Å². The van der Waals surface area contributed by atoms with Gasteiger partial charge < -0.3 is 25.0 Å². The summed E-state index contributed by atoms with van der Waals surface area (Å²) in [6.45, 7) is 6.53. The van der Waals surface area contributed by atoms with Crippen LogP contribution in [-0.4, -0.2) is 80.8 Å². The molecule has 2 aromatic rings. The van der Waals surface area contributed by atoms with E-state index in [0.717, 1.165) is 63.2 Å². The molecule has 2 N–H and O–H groups in total. The van der Waals surface area contributed by atoms with Gasteiger partial charge in [0.05, 0.1) is 18.8 Å². The Hall–Kier alpha value is -2.20. The summed E-state index contributed by atoms with van der Waals surface area (Å²) in [6, 6.07) is 16.3. The maximum Gasteiger partial charge on any atom is 0.193 e. The number of rotatable bonds is 6. The van der Waals surface area contributed by atoms with Crippen LogP contribution in [0.3, 0.4) is 0 Å². The lowest BCUT2D eigenvalue weighted by Crippen LogP contribution is -2.53. The summed E-state index contributed by atoms with van der Waals surface area (Å²) in [4.78, 5) is 11.7. The molecule has 4 rings (SSSR count). The summed E-state index contributed by atoms with van der Waals surface area (Å²) in [5.74, 6) is 2.18. The number of aromatic hydroxyl groups is 1. The van der Waals surface area contributed by atoms with Crippen molar-refractivity contribution in [3.63, 3.8) is 0 Å². The second-order valence-electron chi connectivity index (χ2n) is 8.42. The molecule has 2 aromatic carbocycles. The molecule has 0 amide bonds. The normalized spacial score (nSPS) is 18.1. The number of benzene rings is 2. The monoisotopic (exact) mass is 565 g/mol. The molecule has 7 nitrogen and oxygen atoms in total. The standard InChI is InChI=1S/C25H35N5O2.HI/c1-26-25(30-17-15-29(16-18-30)22-7-3-4-8-24(22)31)27-19-23(28-13-5-6-14-28)20-9-11-21(32-2)12-10-20;/h3-4,7-12,23,31H,5-6,13-19H2,1-2H3,(H,26,27);1H. The summed E-state index contributed by atoms with van der Waals surface area (Å²) in [5.41, 5.74) is 2.21. The van der Waals surface area contributed by atoms with E-state index in [1.54, 1.807) is 13.2 Å². The minimum absolute atomic E-state index is 0. The van der Waals surface area contributed by atoms with E-state index in [1.807, 2.05) is 37.4 Å². The van der Waals surface area contributed by atoms with Gasteiger partial charge in [-0.2, -0.15) is 0 Å². The van der Waals surface area contributed by atoms with Crippen molar-refractivity contribution >= 4 is 35.6 Å². The zero-order chi connectivity index (χ0) is 22.3. The number of aliphatic imine (C=N–C) groups is 1. The Labute approximate surface area is 214 Å². The number of anilines is 1. The molecule has 0 aliphatic carbocycles. The molecule has 0 bridgehead atoms. The number of phenols is 1. The SMILES string of the molecule is CN=C(NCC(c1ccc(OC)cc1)N1CCCC1)N1CCN(c2ccccc2O)CC1.I. The maximum absolute atomic E-state index is 10.2. The zero-order valence-corrected chi connectivity index (χ0v) is 21.9. The van der Waals surface area contributed by atoms with E-state index in [9.17, 15) is 5.11 Å². The number of likely N-dealkylation sites (tertiary alicyclic amines) is 1. The van der Waals surface area contributed by atoms with E-state index in [-0.39, 0.29) is 24.0 Å². The van der Waals surface area contributed by atoms with E-state index in [2.05, 4.69) is 37.1 Å². The topological polar surface area (TPSA) is 63.6 Å². The van der Waals surface area contributed by atoms with Crippen LogP contribution in [0.25, 0.3) is 0 Å². The second-order valence-corrected chi connectivity index (χ2v) is 8.42. The molecule has 2 saturated heterocycles. The minimum atomic E-state index is 0. The molecule has 2 heterocycles. The summed E-state index contributed by atoms with van der Waals surface area (Å²) in [7, 11) is 3.56. The van der Waals surface area contributed by atoms with Crippen LogP contribution in [0, 0.1) is 0 Å². The van der Waals surface area contributed by atoms with Crippen LogP contribution in [0.4, 0.5) is 5.69 Å². The first-order chi connectivity index (χ1) is 15.7. The van der Waals surface area contributed by atoms with Crippen LogP contribution in [0.15, 0.2) is 53.5 Å². The lowest BCUT2D eigenvalue weighted by atomic mass is 10.1. The number of piperazine rings is 1. The van der Waals surface area contributed by atoms with Crippen LogP contribution in [0.1, 0.15) is 24.4 Å². The highest BCUT2D eigenvalue weighted by molar-refractivity contribution is 14.0. The Morgan fingerprint density at radius 2 is 1.67 bits per heavy atom. The van der Waals surface area contributed by atoms with Crippen molar-refractivity contribution in [2.45, 2.75) is 18.9 Å². The highest BCUT2D eigenvalue weighted by atomic mass is 127. The summed E-state index contributed by atoms with van der Waals surface area (Å²) < 4.78 is 5.34. The molecule has 2 aliphatic heterocycles. The summed E-state index contributed by atoms with van der Waals surface area (Å²) in [6.07, 6.45) is 2.52. The Morgan fingerprint density at radius 1 is 1.00 bits per heavy atom. The fourth-order valence-corrected chi connectivity index (χ4v) is 4.75. The van der Waals surface area contributed by atoms with E-state index < -0.39 is 0 Å². The van der Waals surface area contributed by atoms with Crippen LogP contribution in [0.5, 0.6) is 11.5 Å². The van der Waals surface area contributed by atoms with Crippen LogP contribution < -0.4 is 15.0 Å². The van der Waals surface area contributed by atoms with Gasteiger partial charge in [0.25, 0.3) is 0 Å². The highest BCUT2D eigenvalue weighted by Crippen LogP contribution is 2.28. The molecule has 33 heavy (non-hydrogen) atoms. The number of phenolic OH excluding ortho intramolecular Hbond substituents is 1. The number of hydrogen-bond acceptors (Lipinski definition) is 5. The third-order valence-electron chi connectivity index (χ3n) is 6.55. The van der Waals surface area contributed by atoms with Gasteiger partial charge in [-0.3, -0.25) is 9.89 Å². The fourth-order valence-electron chi connectivity index (χ4n) is 4.75. The van der Waals surface area contributed by atoms with E-state index in [0.29, 0.717) is 11.8 Å². The van der Waals surface area contributed by atoms with Crippen LogP contribution in [-0.2, 0) is 0 Å². The zero-order valence-electron chi connectivity index (χ0n) is 19.6. The number of guanidine groups is 1. The van der Waals surface area contributed by atoms with Crippen molar-refractivity contribution in [1.82, 2.24) is 15.1 Å².